The summed E-state index contributed by atoms with van der Waals surface area (Å²) in [5.74, 6) is 2.45. The van der Waals surface area contributed by atoms with Crippen LogP contribution >= 0.6 is 0 Å². The van der Waals surface area contributed by atoms with Gasteiger partial charge in [0.2, 0.25) is 5.91 Å². The topological polar surface area (TPSA) is 106 Å². The SMILES string of the molecule is Cc1cc(CC(=O)Nc2cc([C@H]3CC[C@@H](Oc4cnccc4C(C)C)C3)[nH]n2)on1. The van der Waals surface area contributed by atoms with Crippen molar-refractivity contribution >= 4 is 11.7 Å². The minimum atomic E-state index is -0.186. The summed E-state index contributed by atoms with van der Waals surface area (Å²) >= 11 is 0. The van der Waals surface area contributed by atoms with Crippen molar-refractivity contribution in [2.75, 3.05) is 5.32 Å². The van der Waals surface area contributed by atoms with E-state index in [1.807, 2.05) is 31.5 Å². The Morgan fingerprint density at radius 1 is 1.37 bits per heavy atom. The van der Waals surface area contributed by atoms with Gasteiger partial charge in [-0.05, 0) is 43.7 Å². The van der Waals surface area contributed by atoms with Gasteiger partial charge in [0, 0.05) is 29.9 Å². The molecule has 3 aromatic heterocycles. The molecule has 2 atom stereocenters. The van der Waals surface area contributed by atoms with Crippen LogP contribution in [-0.4, -0.2) is 32.3 Å². The van der Waals surface area contributed by atoms with Crippen molar-refractivity contribution < 1.29 is 14.1 Å². The number of aromatic amines is 1. The van der Waals surface area contributed by atoms with Crippen LogP contribution in [0.5, 0.6) is 5.75 Å². The van der Waals surface area contributed by atoms with Gasteiger partial charge in [0.25, 0.3) is 0 Å². The number of nitrogens with zero attached hydrogens (tertiary/aromatic N) is 3. The van der Waals surface area contributed by atoms with Crippen LogP contribution in [0.3, 0.4) is 0 Å². The van der Waals surface area contributed by atoms with Crippen LogP contribution in [0.2, 0.25) is 0 Å². The summed E-state index contributed by atoms with van der Waals surface area (Å²) in [5, 5.41) is 13.9. The number of ether oxygens (including phenoxy) is 1. The molecule has 3 aromatic rings. The third-order valence-corrected chi connectivity index (χ3v) is 5.43. The van der Waals surface area contributed by atoms with Crippen LogP contribution in [0.25, 0.3) is 0 Å². The highest BCUT2D eigenvalue weighted by atomic mass is 16.5. The molecule has 158 valence electrons. The van der Waals surface area contributed by atoms with E-state index in [0.29, 0.717) is 23.4 Å². The summed E-state index contributed by atoms with van der Waals surface area (Å²) in [6.07, 6.45) is 6.78. The molecule has 2 N–H and O–H groups in total. The Hall–Kier alpha value is -3.16. The molecule has 1 fully saturated rings. The summed E-state index contributed by atoms with van der Waals surface area (Å²) in [6.45, 7) is 6.13. The van der Waals surface area contributed by atoms with Crippen LogP contribution in [0.15, 0.2) is 35.1 Å². The molecule has 0 bridgehead atoms. The van der Waals surface area contributed by atoms with Gasteiger partial charge in [-0.15, -0.1) is 0 Å². The summed E-state index contributed by atoms with van der Waals surface area (Å²) in [5.41, 5.74) is 2.95. The second-order valence-electron chi connectivity index (χ2n) is 8.19. The van der Waals surface area contributed by atoms with Gasteiger partial charge in [-0.3, -0.25) is 14.9 Å². The van der Waals surface area contributed by atoms with Gasteiger partial charge in [-0.25, -0.2) is 0 Å². The standard InChI is InChI=1S/C22H27N5O3/c1-13(2)18-6-7-23-12-20(18)29-16-5-4-15(9-16)19-11-21(26-25-19)24-22(28)10-17-8-14(3)27-30-17/h6-8,11-13,15-16H,4-5,9-10H2,1-3H3,(H2,24,25,26,28)/t15-,16+/m0/s1. The summed E-state index contributed by atoms with van der Waals surface area (Å²) in [6, 6.07) is 5.68. The third kappa shape index (κ3) is 4.69. The number of H-pyrrole nitrogens is 1. The molecule has 1 saturated carbocycles. The van der Waals surface area contributed by atoms with Crippen LogP contribution < -0.4 is 10.1 Å². The zero-order valence-electron chi connectivity index (χ0n) is 17.5. The van der Waals surface area contributed by atoms with Crippen molar-refractivity contribution in [3.63, 3.8) is 0 Å². The lowest BCUT2D eigenvalue weighted by Gasteiger charge is -2.18. The van der Waals surface area contributed by atoms with E-state index in [2.05, 4.69) is 39.5 Å². The molecule has 1 aliphatic rings. The van der Waals surface area contributed by atoms with Gasteiger partial charge in [-0.2, -0.15) is 5.10 Å². The van der Waals surface area contributed by atoms with Crippen molar-refractivity contribution in [1.29, 1.82) is 0 Å². The quantitative estimate of drug-likeness (QED) is 0.608. The largest absolute Gasteiger partial charge is 0.488 e. The van der Waals surface area contributed by atoms with Gasteiger partial charge < -0.3 is 14.6 Å². The number of pyridine rings is 1. The summed E-state index contributed by atoms with van der Waals surface area (Å²) < 4.78 is 11.4. The molecule has 4 rings (SSSR count). The zero-order valence-corrected chi connectivity index (χ0v) is 17.5. The number of nitrogens with one attached hydrogen (secondary N) is 2. The normalized spacial score (nSPS) is 18.7. The highest BCUT2D eigenvalue weighted by Gasteiger charge is 2.29. The molecule has 0 saturated heterocycles. The van der Waals surface area contributed by atoms with E-state index in [-0.39, 0.29) is 18.4 Å². The Labute approximate surface area is 175 Å². The molecule has 1 aliphatic carbocycles. The fourth-order valence-corrected chi connectivity index (χ4v) is 3.93. The van der Waals surface area contributed by atoms with Crippen molar-refractivity contribution in [3.8, 4) is 5.75 Å². The van der Waals surface area contributed by atoms with Crippen LogP contribution in [0, 0.1) is 6.92 Å². The molecule has 30 heavy (non-hydrogen) atoms. The molecular formula is C22H27N5O3. The van der Waals surface area contributed by atoms with Crippen LogP contribution in [0.4, 0.5) is 5.82 Å². The lowest BCUT2D eigenvalue weighted by molar-refractivity contribution is -0.115. The van der Waals surface area contributed by atoms with E-state index < -0.39 is 0 Å². The van der Waals surface area contributed by atoms with Crippen molar-refractivity contribution in [3.05, 3.63) is 53.3 Å². The molecule has 0 spiro atoms. The Bertz CT molecular complexity index is 1010. The maximum absolute atomic E-state index is 12.2. The predicted molar refractivity (Wildman–Crippen MR) is 111 cm³/mol. The van der Waals surface area contributed by atoms with Gasteiger partial charge in [0.1, 0.15) is 11.5 Å². The summed E-state index contributed by atoms with van der Waals surface area (Å²) in [7, 11) is 0. The van der Waals surface area contributed by atoms with Crippen molar-refractivity contribution in [2.24, 2.45) is 0 Å². The Morgan fingerprint density at radius 3 is 3.00 bits per heavy atom. The van der Waals surface area contributed by atoms with E-state index >= 15 is 0 Å². The van der Waals surface area contributed by atoms with Crippen LogP contribution in [-0.2, 0) is 11.2 Å². The molecule has 1 amide bonds. The Balaban J connectivity index is 1.33. The maximum atomic E-state index is 12.2. The first-order chi connectivity index (χ1) is 14.5. The lowest BCUT2D eigenvalue weighted by atomic mass is 10.0. The molecule has 8 nitrogen and oxygen atoms in total. The third-order valence-electron chi connectivity index (χ3n) is 5.43. The molecule has 0 aliphatic heterocycles. The molecule has 8 heteroatoms. The first-order valence-corrected chi connectivity index (χ1v) is 10.4. The number of amides is 1. The number of aromatic nitrogens is 4. The van der Waals surface area contributed by atoms with Gasteiger partial charge >= 0.3 is 0 Å². The van der Waals surface area contributed by atoms with E-state index in [1.54, 1.807) is 6.07 Å². The second-order valence-corrected chi connectivity index (χ2v) is 8.19. The zero-order chi connectivity index (χ0) is 21.1. The molecule has 3 heterocycles. The number of carbonyl (C=O) groups is 1. The minimum absolute atomic E-state index is 0.131. The highest BCUT2D eigenvalue weighted by Crippen LogP contribution is 2.37. The monoisotopic (exact) mass is 409 g/mol. The second kappa shape index (κ2) is 8.69. The van der Waals surface area contributed by atoms with Gasteiger partial charge in [-0.1, -0.05) is 19.0 Å². The van der Waals surface area contributed by atoms with Gasteiger partial charge in [0.05, 0.1) is 24.4 Å². The molecule has 0 aromatic carbocycles. The van der Waals surface area contributed by atoms with Crippen molar-refractivity contribution in [1.82, 2.24) is 20.3 Å². The number of anilines is 1. The Morgan fingerprint density at radius 2 is 2.23 bits per heavy atom. The minimum Gasteiger partial charge on any atom is -0.488 e. The van der Waals surface area contributed by atoms with E-state index in [0.717, 1.165) is 36.4 Å². The summed E-state index contributed by atoms with van der Waals surface area (Å²) in [4.78, 5) is 16.4. The van der Waals surface area contributed by atoms with Crippen LogP contribution in [0.1, 0.15) is 67.7 Å². The average molecular weight is 409 g/mol. The lowest BCUT2D eigenvalue weighted by Crippen LogP contribution is -2.14. The number of aryl methyl sites for hydroxylation is 1. The Kier molecular flexibility index (Phi) is 5.83. The number of hydrogen-bond donors (Lipinski definition) is 2. The molecule has 0 radical (unpaired) electrons. The highest BCUT2D eigenvalue weighted by molar-refractivity contribution is 5.91. The molecule has 0 unspecified atom stereocenters. The fraction of sp³-hybridized carbons (Fsp3) is 0.455. The fourth-order valence-electron chi connectivity index (χ4n) is 3.93. The number of hydrogen-bond acceptors (Lipinski definition) is 6. The number of rotatable bonds is 7. The van der Waals surface area contributed by atoms with Gasteiger partial charge in [0.15, 0.2) is 5.82 Å². The number of carbonyl (C=O) groups excluding carboxylic acids is 1. The van der Waals surface area contributed by atoms with E-state index in [1.165, 1.54) is 5.56 Å². The maximum Gasteiger partial charge on any atom is 0.233 e. The predicted octanol–water partition coefficient (Wildman–Crippen LogP) is 4.12. The smallest absolute Gasteiger partial charge is 0.233 e. The van der Waals surface area contributed by atoms with Crippen molar-refractivity contribution in [2.45, 2.75) is 64.4 Å². The van der Waals surface area contributed by atoms with E-state index in [4.69, 9.17) is 9.26 Å². The molecular weight excluding hydrogens is 382 g/mol. The first-order valence-electron chi connectivity index (χ1n) is 10.4. The first kappa shape index (κ1) is 20.1. The average Bonchev–Trinajstić information content (AvgIpc) is 3.44. The van der Waals surface area contributed by atoms with E-state index in [9.17, 15) is 4.79 Å².